The molecule has 0 atom stereocenters. The first-order valence-electron chi connectivity index (χ1n) is 3.25. The van der Waals surface area contributed by atoms with Gasteiger partial charge in [0.25, 0.3) is 0 Å². The van der Waals surface area contributed by atoms with Crippen LogP contribution in [-0.2, 0) is 0 Å². The van der Waals surface area contributed by atoms with E-state index in [2.05, 4.69) is 15.2 Å². The summed E-state index contributed by atoms with van der Waals surface area (Å²) >= 11 is 1.37. The number of ketones is 1. The maximum absolute atomic E-state index is 10.9. The molecule has 0 aliphatic rings. The van der Waals surface area contributed by atoms with Gasteiger partial charge < -0.3 is 5.73 Å². The van der Waals surface area contributed by atoms with Gasteiger partial charge in [0.15, 0.2) is 5.78 Å². The largest absolute Gasteiger partial charge is 0.324 e. The summed E-state index contributed by atoms with van der Waals surface area (Å²) < 4.78 is 0. The molecule has 0 bridgehead atoms. The Morgan fingerprint density at radius 2 is 2.42 bits per heavy atom. The number of nitrogens with two attached hydrogens (primary N) is 1. The number of rotatable bonds is 3. The van der Waals surface area contributed by atoms with Crippen molar-refractivity contribution < 1.29 is 4.79 Å². The Labute approximate surface area is 73.8 Å². The third-order valence-electron chi connectivity index (χ3n) is 1.19. The van der Waals surface area contributed by atoms with Crippen LogP contribution in [0.4, 0.5) is 0 Å². The van der Waals surface area contributed by atoms with Gasteiger partial charge in [0.1, 0.15) is 5.69 Å². The van der Waals surface area contributed by atoms with Crippen molar-refractivity contribution in [2.75, 3.05) is 12.8 Å². The van der Waals surface area contributed by atoms with Crippen molar-refractivity contribution in [3.63, 3.8) is 0 Å². The van der Waals surface area contributed by atoms with Crippen molar-refractivity contribution in [1.82, 2.24) is 15.2 Å². The highest BCUT2D eigenvalue weighted by molar-refractivity contribution is 7.98. The molecule has 6 heteroatoms. The van der Waals surface area contributed by atoms with E-state index in [0.717, 1.165) is 0 Å². The molecule has 0 aromatic carbocycles. The first-order chi connectivity index (χ1) is 5.77. The van der Waals surface area contributed by atoms with E-state index in [1.54, 1.807) is 0 Å². The molecular formula is C6H8N4OS. The van der Waals surface area contributed by atoms with Crippen molar-refractivity contribution in [1.29, 1.82) is 0 Å². The summed E-state index contributed by atoms with van der Waals surface area (Å²) in [5.41, 5.74) is 5.34. The Bertz CT molecular complexity index is 273. The van der Waals surface area contributed by atoms with Crippen molar-refractivity contribution >= 4 is 17.5 Å². The van der Waals surface area contributed by atoms with Crippen molar-refractivity contribution in [2.24, 2.45) is 5.73 Å². The molecule has 1 rings (SSSR count). The van der Waals surface area contributed by atoms with Gasteiger partial charge in [0.2, 0.25) is 5.16 Å². The lowest BCUT2D eigenvalue weighted by Crippen LogP contribution is -2.16. The Hall–Kier alpha value is -1.01. The van der Waals surface area contributed by atoms with Gasteiger partial charge in [-0.2, -0.15) is 0 Å². The van der Waals surface area contributed by atoms with E-state index in [4.69, 9.17) is 5.73 Å². The lowest BCUT2D eigenvalue weighted by Gasteiger charge is -1.95. The van der Waals surface area contributed by atoms with E-state index in [1.807, 2.05) is 6.26 Å². The summed E-state index contributed by atoms with van der Waals surface area (Å²) in [6.45, 7) is -0.0605. The number of hydrogen-bond donors (Lipinski definition) is 1. The van der Waals surface area contributed by atoms with Gasteiger partial charge in [-0.1, -0.05) is 11.8 Å². The molecule has 1 aromatic heterocycles. The Balaban J connectivity index is 2.84. The third kappa shape index (κ3) is 1.99. The number of carbonyl (C=O) groups excluding carboxylic acids is 1. The minimum atomic E-state index is -0.248. The summed E-state index contributed by atoms with van der Waals surface area (Å²) in [4.78, 5) is 14.8. The maximum Gasteiger partial charge on any atom is 0.208 e. The van der Waals surface area contributed by atoms with Gasteiger partial charge in [0, 0.05) is 0 Å². The molecular weight excluding hydrogens is 176 g/mol. The monoisotopic (exact) mass is 184 g/mol. The van der Waals surface area contributed by atoms with E-state index in [-0.39, 0.29) is 18.0 Å². The van der Waals surface area contributed by atoms with E-state index in [9.17, 15) is 4.79 Å². The number of nitrogens with zero attached hydrogens (tertiary/aromatic N) is 3. The second-order valence-electron chi connectivity index (χ2n) is 1.96. The Morgan fingerprint density at radius 1 is 1.67 bits per heavy atom. The summed E-state index contributed by atoms with van der Waals surface area (Å²) in [6.07, 6.45) is 3.22. The average Bonchev–Trinajstić information content (AvgIpc) is 2.17. The van der Waals surface area contributed by atoms with Crippen LogP contribution in [0.2, 0.25) is 0 Å². The topological polar surface area (TPSA) is 81.8 Å². The number of hydrogen-bond acceptors (Lipinski definition) is 6. The van der Waals surface area contributed by atoms with Crippen LogP contribution in [0.25, 0.3) is 0 Å². The highest BCUT2D eigenvalue weighted by Gasteiger charge is 2.05. The smallest absolute Gasteiger partial charge is 0.208 e. The number of carbonyl (C=O) groups is 1. The molecule has 0 radical (unpaired) electrons. The Kier molecular flexibility index (Phi) is 3.12. The summed E-state index contributed by atoms with van der Waals surface area (Å²) in [6, 6.07) is 0. The molecule has 0 amide bonds. The fraction of sp³-hybridized carbons (Fsp3) is 0.333. The van der Waals surface area contributed by atoms with Crippen molar-refractivity contribution in [2.45, 2.75) is 5.16 Å². The van der Waals surface area contributed by atoms with Crippen LogP contribution < -0.4 is 5.73 Å². The highest BCUT2D eigenvalue weighted by Crippen LogP contribution is 2.04. The molecule has 0 saturated heterocycles. The standard InChI is InChI=1S/C6H8N4OS/c1-12-6-8-3-4(9-10-6)5(11)2-7/h3H,2,7H2,1H3. The normalized spacial score (nSPS) is 9.83. The first-order valence-corrected chi connectivity index (χ1v) is 4.47. The average molecular weight is 184 g/mol. The number of thioether (sulfide) groups is 1. The predicted octanol–water partition coefficient (Wildman–Crippen LogP) is -0.265. The minimum absolute atomic E-state index is 0.0605. The molecule has 5 nitrogen and oxygen atoms in total. The Morgan fingerprint density at radius 3 is 2.83 bits per heavy atom. The lowest BCUT2D eigenvalue weighted by molar-refractivity contribution is 0.0995. The van der Waals surface area contributed by atoms with E-state index >= 15 is 0 Å². The fourth-order valence-corrected chi connectivity index (χ4v) is 0.871. The van der Waals surface area contributed by atoms with Crippen molar-refractivity contribution in [3.8, 4) is 0 Å². The van der Waals surface area contributed by atoms with Crippen LogP contribution in [0, 0.1) is 0 Å². The first kappa shape index (κ1) is 9.08. The van der Waals surface area contributed by atoms with Crippen LogP contribution >= 0.6 is 11.8 Å². The molecule has 0 aliphatic heterocycles. The zero-order chi connectivity index (χ0) is 8.97. The van der Waals surface area contributed by atoms with Crippen LogP contribution in [0.5, 0.6) is 0 Å². The van der Waals surface area contributed by atoms with Crippen LogP contribution in [0.15, 0.2) is 11.4 Å². The minimum Gasteiger partial charge on any atom is -0.324 e. The van der Waals surface area contributed by atoms with E-state index in [1.165, 1.54) is 18.0 Å². The second-order valence-corrected chi connectivity index (χ2v) is 2.73. The van der Waals surface area contributed by atoms with Gasteiger partial charge in [-0.25, -0.2) is 4.98 Å². The zero-order valence-corrected chi connectivity index (χ0v) is 7.34. The highest BCUT2D eigenvalue weighted by atomic mass is 32.2. The quantitative estimate of drug-likeness (QED) is 0.514. The van der Waals surface area contributed by atoms with Crippen LogP contribution in [0.3, 0.4) is 0 Å². The van der Waals surface area contributed by atoms with Gasteiger partial charge in [-0.15, -0.1) is 10.2 Å². The summed E-state index contributed by atoms with van der Waals surface area (Å²) in [5.74, 6) is -0.248. The molecule has 0 aliphatic carbocycles. The van der Waals surface area contributed by atoms with Gasteiger partial charge in [0.05, 0.1) is 12.7 Å². The molecule has 2 N–H and O–H groups in total. The molecule has 0 fully saturated rings. The number of Topliss-reactive ketones (excluding diaryl/α,β-unsaturated/α-hetero) is 1. The van der Waals surface area contributed by atoms with Crippen LogP contribution in [-0.4, -0.2) is 33.8 Å². The molecule has 1 heterocycles. The third-order valence-corrected chi connectivity index (χ3v) is 1.75. The van der Waals surface area contributed by atoms with Gasteiger partial charge in [-0.05, 0) is 6.26 Å². The fourth-order valence-electron chi connectivity index (χ4n) is 0.591. The second kappa shape index (κ2) is 4.13. The lowest BCUT2D eigenvalue weighted by atomic mass is 10.3. The van der Waals surface area contributed by atoms with Crippen molar-refractivity contribution in [3.05, 3.63) is 11.9 Å². The summed E-state index contributed by atoms with van der Waals surface area (Å²) in [7, 11) is 0. The predicted molar refractivity (Wildman–Crippen MR) is 45.0 cm³/mol. The molecule has 64 valence electrons. The molecule has 12 heavy (non-hydrogen) atoms. The van der Waals surface area contributed by atoms with Gasteiger partial charge >= 0.3 is 0 Å². The SMILES string of the molecule is CSc1ncc(C(=O)CN)nn1. The van der Waals surface area contributed by atoms with Gasteiger partial charge in [-0.3, -0.25) is 4.79 Å². The maximum atomic E-state index is 10.9. The molecule has 0 spiro atoms. The summed E-state index contributed by atoms with van der Waals surface area (Å²) in [5, 5.41) is 7.89. The molecule has 1 aromatic rings. The van der Waals surface area contributed by atoms with Crippen LogP contribution in [0.1, 0.15) is 10.5 Å². The molecule has 0 unspecified atom stereocenters. The number of aromatic nitrogens is 3. The van der Waals surface area contributed by atoms with E-state index < -0.39 is 0 Å². The zero-order valence-electron chi connectivity index (χ0n) is 6.52. The molecule has 0 saturated carbocycles. The van der Waals surface area contributed by atoms with E-state index in [0.29, 0.717) is 5.16 Å².